The molecule has 1 aliphatic rings. The van der Waals surface area contributed by atoms with Gasteiger partial charge >= 0.3 is 0 Å². The fraction of sp³-hybridized carbons (Fsp3) is 0.857. The Balaban J connectivity index is 2.59. The maximum Gasteiger partial charge on any atom is 0.238 e. The fourth-order valence-corrected chi connectivity index (χ4v) is 1.32. The average Bonchev–Trinajstić information content (AvgIpc) is 1.85. The molecule has 0 aromatic carbocycles. The van der Waals surface area contributed by atoms with Crippen LogP contribution in [0.4, 0.5) is 0 Å². The Morgan fingerprint density at radius 2 is 2.36 bits per heavy atom. The van der Waals surface area contributed by atoms with E-state index in [4.69, 9.17) is 0 Å². The van der Waals surface area contributed by atoms with Gasteiger partial charge in [-0.3, -0.25) is 9.69 Å². The van der Waals surface area contributed by atoms with Gasteiger partial charge in [0, 0.05) is 13.1 Å². The summed E-state index contributed by atoms with van der Waals surface area (Å²) in [5.74, 6) is 0.00810. The smallest absolute Gasteiger partial charge is 0.238 e. The van der Waals surface area contributed by atoms with Gasteiger partial charge in [0.25, 0.3) is 0 Å². The molecule has 0 spiro atoms. The number of nitrogens with zero attached hydrogens (tertiary/aromatic N) is 2. The molecule has 0 aromatic rings. The van der Waals surface area contributed by atoms with Crippen LogP contribution >= 0.6 is 0 Å². The zero-order chi connectivity index (χ0) is 8.43. The van der Waals surface area contributed by atoms with Crippen LogP contribution in [0.2, 0.25) is 0 Å². The molecule has 0 bridgehead atoms. The largest absolute Gasteiger partial charge is 0.372 e. The van der Waals surface area contributed by atoms with Gasteiger partial charge in [0.05, 0.1) is 6.54 Å². The van der Waals surface area contributed by atoms with E-state index in [0.717, 1.165) is 0 Å². The van der Waals surface area contributed by atoms with Crippen LogP contribution < -0.4 is 0 Å². The summed E-state index contributed by atoms with van der Waals surface area (Å²) in [6.45, 7) is 3.44. The number of carbonyl (C=O) groups is 1. The van der Waals surface area contributed by atoms with Gasteiger partial charge in [-0.15, -0.1) is 0 Å². The van der Waals surface area contributed by atoms with Crippen molar-refractivity contribution in [1.29, 1.82) is 0 Å². The number of aliphatic hydroxyl groups is 1. The van der Waals surface area contributed by atoms with Crippen molar-refractivity contribution in [3.8, 4) is 0 Å². The molecular weight excluding hydrogens is 144 g/mol. The fourth-order valence-electron chi connectivity index (χ4n) is 1.32. The Hall–Kier alpha value is -0.610. The molecule has 1 saturated heterocycles. The third-order valence-electron chi connectivity index (χ3n) is 1.90. The molecule has 0 aliphatic carbocycles. The molecule has 1 aliphatic heterocycles. The van der Waals surface area contributed by atoms with E-state index in [0.29, 0.717) is 19.6 Å². The van der Waals surface area contributed by atoms with E-state index in [1.54, 1.807) is 0 Å². The van der Waals surface area contributed by atoms with Crippen molar-refractivity contribution < 1.29 is 9.90 Å². The molecule has 1 heterocycles. The van der Waals surface area contributed by atoms with Crippen LogP contribution in [0.5, 0.6) is 0 Å². The third-order valence-corrected chi connectivity index (χ3v) is 1.90. The number of aliphatic hydroxyl groups excluding tert-OH is 1. The van der Waals surface area contributed by atoms with Gasteiger partial charge in [-0.1, -0.05) is 0 Å². The van der Waals surface area contributed by atoms with E-state index in [2.05, 4.69) is 0 Å². The van der Waals surface area contributed by atoms with E-state index < -0.39 is 6.23 Å². The van der Waals surface area contributed by atoms with Crippen molar-refractivity contribution in [3.05, 3.63) is 0 Å². The molecule has 1 amide bonds. The molecule has 1 unspecified atom stereocenters. The summed E-state index contributed by atoms with van der Waals surface area (Å²) in [5.41, 5.74) is 0. The Bertz CT molecular complexity index is 161. The van der Waals surface area contributed by atoms with E-state index in [9.17, 15) is 9.90 Å². The highest BCUT2D eigenvalue weighted by atomic mass is 16.3. The van der Waals surface area contributed by atoms with Crippen molar-refractivity contribution in [2.45, 2.75) is 13.2 Å². The second-order valence-electron chi connectivity index (χ2n) is 2.86. The molecule has 1 fully saturated rings. The summed E-state index contributed by atoms with van der Waals surface area (Å²) in [7, 11) is 1.83. The van der Waals surface area contributed by atoms with Crippen LogP contribution in [0.1, 0.15) is 6.92 Å². The summed E-state index contributed by atoms with van der Waals surface area (Å²) in [5, 5.41) is 9.37. The van der Waals surface area contributed by atoms with Gasteiger partial charge in [-0.05, 0) is 14.0 Å². The first-order valence-electron chi connectivity index (χ1n) is 3.81. The Morgan fingerprint density at radius 1 is 1.73 bits per heavy atom. The van der Waals surface area contributed by atoms with Gasteiger partial charge in [0.1, 0.15) is 6.23 Å². The molecule has 1 rings (SSSR count). The summed E-state index contributed by atoms with van der Waals surface area (Å²) in [4.78, 5) is 14.5. The lowest BCUT2D eigenvalue weighted by molar-refractivity contribution is -0.150. The summed E-state index contributed by atoms with van der Waals surface area (Å²) in [6.07, 6.45) is -0.619. The highest BCUT2D eigenvalue weighted by Gasteiger charge is 2.27. The van der Waals surface area contributed by atoms with E-state index in [1.165, 1.54) is 4.90 Å². The minimum absolute atomic E-state index is 0.00810. The van der Waals surface area contributed by atoms with Crippen molar-refractivity contribution in [3.63, 3.8) is 0 Å². The zero-order valence-corrected chi connectivity index (χ0v) is 6.95. The average molecular weight is 158 g/mol. The predicted octanol–water partition coefficient (Wildman–Crippen LogP) is -0.901. The number of piperazine rings is 1. The highest BCUT2D eigenvalue weighted by Crippen LogP contribution is 2.05. The molecule has 0 aromatic heterocycles. The zero-order valence-electron chi connectivity index (χ0n) is 6.95. The summed E-state index contributed by atoms with van der Waals surface area (Å²) >= 11 is 0. The second-order valence-corrected chi connectivity index (χ2v) is 2.86. The number of amides is 1. The van der Waals surface area contributed by atoms with Gasteiger partial charge in [0.15, 0.2) is 0 Å². The molecule has 1 atom stereocenters. The number of hydrogen-bond donors (Lipinski definition) is 1. The van der Waals surface area contributed by atoms with E-state index in [1.807, 2.05) is 18.9 Å². The van der Waals surface area contributed by atoms with Gasteiger partial charge in [-0.25, -0.2) is 0 Å². The molecular formula is C7H14N2O2. The molecule has 64 valence electrons. The molecule has 4 heteroatoms. The van der Waals surface area contributed by atoms with Crippen molar-refractivity contribution in [2.75, 3.05) is 26.7 Å². The maximum absolute atomic E-state index is 11.2. The lowest BCUT2D eigenvalue weighted by atomic mass is 10.3. The van der Waals surface area contributed by atoms with Gasteiger partial charge in [0.2, 0.25) is 5.91 Å². The number of likely N-dealkylation sites (N-methyl/N-ethyl adjacent to an activating group) is 2. The second kappa shape index (κ2) is 3.19. The molecule has 4 nitrogen and oxygen atoms in total. The number of β-amino-alcohol motifs (C(OH)–C–C–N with tert-alkyl or cyclic N) is 1. The Labute approximate surface area is 66.4 Å². The minimum Gasteiger partial charge on any atom is -0.372 e. The number of carbonyl (C=O) groups excluding carboxylic acids is 1. The predicted molar refractivity (Wildman–Crippen MR) is 40.9 cm³/mol. The van der Waals surface area contributed by atoms with E-state index >= 15 is 0 Å². The lowest BCUT2D eigenvalue weighted by Gasteiger charge is -2.35. The van der Waals surface area contributed by atoms with Crippen LogP contribution in [-0.4, -0.2) is 53.7 Å². The van der Waals surface area contributed by atoms with Crippen LogP contribution in [0.15, 0.2) is 0 Å². The summed E-state index contributed by atoms with van der Waals surface area (Å²) < 4.78 is 0. The number of rotatable bonds is 1. The molecule has 1 N–H and O–H groups in total. The topological polar surface area (TPSA) is 43.8 Å². The minimum atomic E-state index is -0.619. The maximum atomic E-state index is 11.2. The first-order valence-corrected chi connectivity index (χ1v) is 3.81. The van der Waals surface area contributed by atoms with Gasteiger partial charge < -0.3 is 10.0 Å². The van der Waals surface area contributed by atoms with Crippen molar-refractivity contribution in [1.82, 2.24) is 9.80 Å². The Kier molecular flexibility index (Phi) is 2.46. The summed E-state index contributed by atoms with van der Waals surface area (Å²) in [6, 6.07) is 0. The van der Waals surface area contributed by atoms with Gasteiger partial charge in [-0.2, -0.15) is 0 Å². The quantitative estimate of drug-likeness (QED) is 0.538. The van der Waals surface area contributed by atoms with Crippen LogP contribution in [0, 0.1) is 0 Å². The van der Waals surface area contributed by atoms with E-state index in [-0.39, 0.29) is 5.91 Å². The first kappa shape index (κ1) is 8.49. The molecule has 11 heavy (non-hydrogen) atoms. The molecule has 0 radical (unpaired) electrons. The standard InChI is InChI=1S/C7H14N2O2/c1-3-9-6(10)4-8(2)5-7(9)11/h6,10H,3-5H2,1-2H3. The SMILES string of the molecule is CCN1C(=O)CN(C)CC1O. The van der Waals surface area contributed by atoms with Crippen molar-refractivity contribution >= 4 is 5.91 Å². The highest BCUT2D eigenvalue weighted by molar-refractivity contribution is 5.79. The normalized spacial score (nSPS) is 27.7. The number of hydrogen-bond acceptors (Lipinski definition) is 3. The van der Waals surface area contributed by atoms with Crippen molar-refractivity contribution in [2.24, 2.45) is 0 Å². The van der Waals surface area contributed by atoms with Crippen LogP contribution in [0.3, 0.4) is 0 Å². The Morgan fingerprint density at radius 3 is 2.82 bits per heavy atom. The molecule has 0 saturated carbocycles. The van der Waals surface area contributed by atoms with Crippen LogP contribution in [0.25, 0.3) is 0 Å². The lowest BCUT2D eigenvalue weighted by Crippen LogP contribution is -2.54. The first-order chi connectivity index (χ1) is 5.15. The third kappa shape index (κ3) is 1.70. The van der Waals surface area contributed by atoms with Crippen LogP contribution in [-0.2, 0) is 4.79 Å². The monoisotopic (exact) mass is 158 g/mol.